The molecule has 0 saturated carbocycles. The van der Waals surface area contributed by atoms with Crippen molar-refractivity contribution >= 4 is 0 Å². The predicted octanol–water partition coefficient (Wildman–Crippen LogP) is 13.4. The van der Waals surface area contributed by atoms with Crippen LogP contribution in [0.3, 0.4) is 0 Å². The summed E-state index contributed by atoms with van der Waals surface area (Å²) >= 11 is 0. The van der Waals surface area contributed by atoms with Gasteiger partial charge in [0.1, 0.15) is 0 Å². The van der Waals surface area contributed by atoms with Gasteiger partial charge in [0.15, 0.2) is 0 Å². The molecule has 0 aliphatic rings. The molecule has 58 heavy (non-hydrogen) atoms. The van der Waals surface area contributed by atoms with Gasteiger partial charge in [0, 0.05) is 35.3 Å². The van der Waals surface area contributed by atoms with Gasteiger partial charge >= 0.3 is 0 Å². The standard InChI is InChI=1S/C55H43N3/c1-2-12-44(13-3-1)52-39-47(55-18-8-11-35-58-55)31-32-51(52)50-15-5-4-14-49(50)48-37-42(21-19-40-23-27-45(28-24-40)53-16-6-9-33-56-53)36-43(38-48)22-20-41-25-29-46(30-26-41)54-17-7-10-34-57-54/h1-18,23-39H,19-22H2. The van der Waals surface area contributed by atoms with Crippen LogP contribution in [0.1, 0.15) is 22.3 Å². The SMILES string of the molecule is c1ccc(-c2cc(-c3ccccn3)ccc2-c2ccccc2-c2cc(CCc3ccc(-c4ccccn4)cc3)cc(CCc3ccc(-c4ccccn4)cc3)c2)cc1. The van der Waals surface area contributed by atoms with Crippen molar-refractivity contribution in [2.75, 3.05) is 0 Å². The van der Waals surface area contributed by atoms with Crippen molar-refractivity contribution in [2.24, 2.45) is 0 Å². The second-order valence-electron chi connectivity index (χ2n) is 14.7. The molecule has 3 heterocycles. The Morgan fingerprint density at radius 2 is 0.672 bits per heavy atom. The summed E-state index contributed by atoms with van der Waals surface area (Å²) in [6.07, 6.45) is 9.35. The van der Waals surface area contributed by atoms with Crippen molar-refractivity contribution in [3.63, 3.8) is 0 Å². The zero-order valence-corrected chi connectivity index (χ0v) is 32.4. The molecule has 3 heteroatoms. The lowest BCUT2D eigenvalue weighted by molar-refractivity contribution is 0.931. The van der Waals surface area contributed by atoms with Crippen molar-refractivity contribution in [1.82, 2.24) is 15.0 Å². The number of rotatable bonds is 12. The third kappa shape index (κ3) is 8.45. The number of aromatic nitrogens is 3. The first-order valence-electron chi connectivity index (χ1n) is 20.1. The predicted molar refractivity (Wildman–Crippen MR) is 240 cm³/mol. The third-order valence-corrected chi connectivity index (χ3v) is 10.9. The molecule has 0 aliphatic heterocycles. The average Bonchev–Trinajstić information content (AvgIpc) is 3.31. The highest BCUT2D eigenvalue weighted by atomic mass is 14.7. The lowest BCUT2D eigenvalue weighted by atomic mass is 9.86. The molecular weight excluding hydrogens is 703 g/mol. The lowest BCUT2D eigenvalue weighted by Crippen LogP contribution is -1.98. The van der Waals surface area contributed by atoms with Gasteiger partial charge in [-0.25, -0.2) is 0 Å². The van der Waals surface area contributed by atoms with E-state index in [-0.39, 0.29) is 0 Å². The Morgan fingerprint density at radius 1 is 0.241 bits per heavy atom. The fourth-order valence-electron chi connectivity index (χ4n) is 7.83. The van der Waals surface area contributed by atoms with Crippen LogP contribution in [0.25, 0.3) is 67.2 Å². The molecule has 3 nitrogen and oxygen atoms in total. The fourth-order valence-corrected chi connectivity index (χ4v) is 7.83. The minimum Gasteiger partial charge on any atom is -0.256 e. The molecule has 9 aromatic rings. The Morgan fingerprint density at radius 3 is 1.19 bits per heavy atom. The van der Waals surface area contributed by atoms with Gasteiger partial charge in [0.05, 0.1) is 17.1 Å². The number of hydrogen-bond acceptors (Lipinski definition) is 3. The highest BCUT2D eigenvalue weighted by Gasteiger charge is 2.16. The Labute approximate surface area is 341 Å². The Kier molecular flexibility index (Phi) is 10.8. The van der Waals surface area contributed by atoms with E-state index >= 15 is 0 Å². The third-order valence-electron chi connectivity index (χ3n) is 10.9. The Balaban J connectivity index is 1.06. The number of pyridine rings is 3. The van der Waals surface area contributed by atoms with E-state index in [9.17, 15) is 0 Å². The van der Waals surface area contributed by atoms with Crippen molar-refractivity contribution in [1.29, 1.82) is 0 Å². The summed E-state index contributed by atoms with van der Waals surface area (Å²) in [6, 6.07) is 69.6. The molecule has 0 N–H and O–H groups in total. The van der Waals surface area contributed by atoms with Gasteiger partial charge in [-0.3, -0.25) is 15.0 Å². The van der Waals surface area contributed by atoms with E-state index in [1.807, 2.05) is 55.0 Å². The molecule has 6 aromatic carbocycles. The van der Waals surface area contributed by atoms with Gasteiger partial charge in [-0.2, -0.15) is 0 Å². The molecule has 0 bridgehead atoms. The average molecular weight is 746 g/mol. The number of nitrogens with zero attached hydrogens (tertiary/aromatic N) is 3. The molecule has 0 saturated heterocycles. The molecule has 0 amide bonds. The molecule has 3 aromatic heterocycles. The number of benzene rings is 6. The monoisotopic (exact) mass is 745 g/mol. The van der Waals surface area contributed by atoms with Crippen molar-refractivity contribution in [2.45, 2.75) is 25.7 Å². The summed E-state index contributed by atoms with van der Waals surface area (Å²) < 4.78 is 0. The summed E-state index contributed by atoms with van der Waals surface area (Å²) in [6.45, 7) is 0. The highest BCUT2D eigenvalue weighted by molar-refractivity contribution is 5.93. The van der Waals surface area contributed by atoms with E-state index in [2.05, 4.69) is 173 Å². The number of aryl methyl sites for hydroxylation is 4. The summed E-state index contributed by atoms with van der Waals surface area (Å²) in [4.78, 5) is 13.8. The van der Waals surface area contributed by atoms with Crippen LogP contribution in [-0.2, 0) is 25.7 Å². The van der Waals surface area contributed by atoms with Gasteiger partial charge < -0.3 is 0 Å². The zero-order chi connectivity index (χ0) is 38.9. The smallest absolute Gasteiger partial charge is 0.0702 e. The van der Waals surface area contributed by atoms with Crippen LogP contribution >= 0.6 is 0 Å². The maximum Gasteiger partial charge on any atom is 0.0702 e. The topological polar surface area (TPSA) is 38.7 Å². The summed E-state index contributed by atoms with van der Waals surface area (Å²) in [7, 11) is 0. The van der Waals surface area contributed by atoms with Crippen LogP contribution in [-0.4, -0.2) is 15.0 Å². The van der Waals surface area contributed by atoms with Crippen LogP contribution in [0.4, 0.5) is 0 Å². The van der Waals surface area contributed by atoms with E-state index in [4.69, 9.17) is 0 Å². The second-order valence-corrected chi connectivity index (χ2v) is 14.7. The normalized spacial score (nSPS) is 11.0. The van der Waals surface area contributed by atoms with E-state index in [0.29, 0.717) is 0 Å². The van der Waals surface area contributed by atoms with Crippen LogP contribution in [0.5, 0.6) is 0 Å². The van der Waals surface area contributed by atoms with E-state index < -0.39 is 0 Å². The van der Waals surface area contributed by atoms with Crippen LogP contribution in [0, 0.1) is 0 Å². The fraction of sp³-hybridized carbons (Fsp3) is 0.0727. The Hall–Kier alpha value is -7.23. The molecule has 0 spiro atoms. The Bertz CT molecular complexity index is 2620. The largest absolute Gasteiger partial charge is 0.256 e. The number of hydrogen-bond donors (Lipinski definition) is 0. The van der Waals surface area contributed by atoms with Gasteiger partial charge in [0.2, 0.25) is 0 Å². The van der Waals surface area contributed by atoms with Gasteiger partial charge in [0.25, 0.3) is 0 Å². The minimum atomic E-state index is 0.943. The lowest BCUT2D eigenvalue weighted by Gasteiger charge is -2.18. The zero-order valence-electron chi connectivity index (χ0n) is 32.4. The van der Waals surface area contributed by atoms with Gasteiger partial charge in [-0.1, -0.05) is 152 Å². The molecule has 0 aliphatic carbocycles. The van der Waals surface area contributed by atoms with Crippen LogP contribution in [0.2, 0.25) is 0 Å². The van der Waals surface area contributed by atoms with Crippen molar-refractivity contribution in [3.8, 4) is 67.2 Å². The highest BCUT2D eigenvalue weighted by Crippen LogP contribution is 2.40. The van der Waals surface area contributed by atoms with Crippen LogP contribution in [0.15, 0.2) is 213 Å². The van der Waals surface area contributed by atoms with Crippen molar-refractivity contribution < 1.29 is 0 Å². The van der Waals surface area contributed by atoms with Crippen LogP contribution < -0.4 is 0 Å². The van der Waals surface area contributed by atoms with Gasteiger partial charge in [-0.05, 0) is 124 Å². The van der Waals surface area contributed by atoms with Crippen molar-refractivity contribution in [3.05, 3.63) is 235 Å². The first-order chi connectivity index (χ1) is 28.7. The molecular formula is C55H43N3. The molecule has 0 fully saturated rings. The quantitative estimate of drug-likeness (QED) is 0.125. The molecule has 9 rings (SSSR count). The summed E-state index contributed by atoms with van der Waals surface area (Å²) in [5.74, 6) is 0. The maximum absolute atomic E-state index is 4.68. The van der Waals surface area contributed by atoms with Gasteiger partial charge in [-0.15, -0.1) is 0 Å². The van der Waals surface area contributed by atoms with E-state index in [1.165, 1.54) is 55.6 Å². The molecule has 0 unspecified atom stereocenters. The first kappa shape index (κ1) is 36.4. The first-order valence-corrected chi connectivity index (χ1v) is 20.1. The second kappa shape index (κ2) is 17.3. The molecule has 0 radical (unpaired) electrons. The van der Waals surface area contributed by atoms with E-state index in [0.717, 1.165) is 59.5 Å². The van der Waals surface area contributed by atoms with E-state index in [1.54, 1.807) is 0 Å². The molecule has 0 atom stereocenters. The minimum absolute atomic E-state index is 0.943. The molecule has 278 valence electrons. The maximum atomic E-state index is 4.68. The summed E-state index contributed by atoms with van der Waals surface area (Å²) in [5.41, 5.74) is 18.9. The summed E-state index contributed by atoms with van der Waals surface area (Å²) in [5, 5.41) is 0.